The topological polar surface area (TPSA) is 29.5 Å². The molecule has 0 amide bonds. The summed E-state index contributed by atoms with van der Waals surface area (Å²) in [5, 5.41) is 11.4. The second kappa shape index (κ2) is 8.42. The third-order valence-corrected chi connectivity index (χ3v) is 5.78. The maximum absolute atomic E-state index is 11.4. The summed E-state index contributed by atoms with van der Waals surface area (Å²) >= 11 is 0. The number of ether oxygens (including phenoxy) is 1. The summed E-state index contributed by atoms with van der Waals surface area (Å²) in [7, 11) is 0. The number of hydrogen-bond donors (Lipinski definition) is 1. The predicted octanol–water partition coefficient (Wildman–Crippen LogP) is 5.75. The Morgan fingerprint density at radius 2 is 1.28 bits per heavy atom. The quantitative estimate of drug-likeness (QED) is 0.619. The molecule has 150 valence electrons. The van der Waals surface area contributed by atoms with Crippen molar-refractivity contribution in [2.45, 2.75) is 58.7 Å². The van der Waals surface area contributed by atoms with E-state index in [-0.39, 0.29) is 6.10 Å². The van der Waals surface area contributed by atoms with Crippen molar-refractivity contribution in [3.8, 4) is 5.75 Å². The second-order valence-corrected chi connectivity index (χ2v) is 8.42. The van der Waals surface area contributed by atoms with Gasteiger partial charge in [0.15, 0.2) is 0 Å². The first-order valence-corrected chi connectivity index (χ1v) is 10.6. The third kappa shape index (κ3) is 4.38. The van der Waals surface area contributed by atoms with Crippen LogP contribution >= 0.6 is 0 Å². The highest BCUT2D eigenvalue weighted by Crippen LogP contribution is 2.38. The van der Waals surface area contributed by atoms with Gasteiger partial charge in [-0.1, -0.05) is 66.2 Å². The van der Waals surface area contributed by atoms with Gasteiger partial charge in [0.2, 0.25) is 0 Å². The normalized spacial score (nSPS) is 14.5. The van der Waals surface area contributed by atoms with Gasteiger partial charge in [0.05, 0.1) is 6.10 Å². The smallest absolute Gasteiger partial charge is 0.129 e. The molecule has 29 heavy (non-hydrogen) atoms. The lowest BCUT2D eigenvalue weighted by Crippen LogP contribution is -2.15. The second-order valence-electron chi connectivity index (χ2n) is 8.42. The molecule has 0 spiro atoms. The minimum Gasteiger partial charge on any atom is -0.490 e. The largest absolute Gasteiger partial charge is 0.490 e. The average Bonchev–Trinajstić information content (AvgIpc) is 2.70. The third-order valence-electron chi connectivity index (χ3n) is 5.78. The highest BCUT2D eigenvalue weighted by atomic mass is 16.5. The van der Waals surface area contributed by atoms with Crippen molar-refractivity contribution in [3.05, 3.63) is 99.6 Å². The summed E-state index contributed by atoms with van der Waals surface area (Å²) in [5.41, 5.74) is 8.07. The summed E-state index contributed by atoms with van der Waals surface area (Å²) in [4.78, 5) is 0. The lowest BCUT2D eigenvalue weighted by atomic mass is 9.88. The van der Waals surface area contributed by atoms with E-state index in [1.165, 1.54) is 27.8 Å². The van der Waals surface area contributed by atoms with Crippen molar-refractivity contribution < 1.29 is 9.84 Å². The average molecular weight is 387 g/mol. The highest BCUT2D eigenvalue weighted by molar-refractivity contribution is 5.52. The van der Waals surface area contributed by atoms with Crippen LogP contribution < -0.4 is 4.74 Å². The number of aryl methyl sites for hydroxylation is 5. The van der Waals surface area contributed by atoms with Crippen LogP contribution in [0.1, 0.15) is 58.9 Å². The molecule has 7 rings (SSSR count). The standard InChI is InChI=1S/C27H30O2/c1-18(2)29-27-24-15-11-21-8-6-20(7-9-21)10-14-22(16-17-24)25(27)26(28)23-12-4-19(3)5-13-23/h4-9,12-13,16-18,26,28H,10-11,14-15H2,1-3H3. The molecule has 0 saturated heterocycles. The minimum absolute atomic E-state index is 0.0548. The molecule has 0 radical (unpaired) electrons. The highest BCUT2D eigenvalue weighted by Gasteiger charge is 2.24. The van der Waals surface area contributed by atoms with Gasteiger partial charge in [-0.3, -0.25) is 0 Å². The van der Waals surface area contributed by atoms with Crippen molar-refractivity contribution in [1.29, 1.82) is 0 Å². The molecule has 2 nitrogen and oxygen atoms in total. The van der Waals surface area contributed by atoms with E-state index in [1.54, 1.807) is 0 Å². The van der Waals surface area contributed by atoms with Gasteiger partial charge in [-0.05, 0) is 74.3 Å². The van der Waals surface area contributed by atoms with Crippen LogP contribution in [0.15, 0.2) is 60.7 Å². The Hall–Kier alpha value is -2.58. The molecule has 0 aromatic heterocycles. The van der Waals surface area contributed by atoms with E-state index in [4.69, 9.17) is 4.74 Å². The molecule has 0 heterocycles. The number of aliphatic hydroxyl groups is 1. The fraction of sp³-hybridized carbons (Fsp3) is 0.333. The summed E-state index contributed by atoms with van der Waals surface area (Å²) < 4.78 is 6.35. The Morgan fingerprint density at radius 1 is 0.724 bits per heavy atom. The molecule has 4 aliphatic rings. The fourth-order valence-electron chi connectivity index (χ4n) is 4.12. The summed E-state index contributed by atoms with van der Waals surface area (Å²) in [6.45, 7) is 6.18. The summed E-state index contributed by atoms with van der Waals surface area (Å²) in [6, 6.07) is 21.5. The Morgan fingerprint density at radius 3 is 1.86 bits per heavy atom. The molecule has 1 atom stereocenters. The lowest BCUT2D eigenvalue weighted by Gasteiger charge is -2.25. The minimum atomic E-state index is -0.692. The van der Waals surface area contributed by atoms with E-state index in [0.717, 1.165) is 42.6 Å². The molecule has 0 aliphatic heterocycles. The number of aliphatic hydroxyl groups excluding tert-OH is 1. The number of rotatable bonds is 4. The Kier molecular flexibility index (Phi) is 5.73. The van der Waals surface area contributed by atoms with Gasteiger partial charge in [-0.15, -0.1) is 0 Å². The molecule has 4 aliphatic carbocycles. The van der Waals surface area contributed by atoms with Crippen LogP contribution in [0.3, 0.4) is 0 Å². The van der Waals surface area contributed by atoms with Crippen LogP contribution in [-0.2, 0) is 25.7 Å². The van der Waals surface area contributed by atoms with E-state index >= 15 is 0 Å². The molecule has 0 saturated carbocycles. The predicted molar refractivity (Wildman–Crippen MR) is 119 cm³/mol. The molecule has 3 aromatic carbocycles. The first-order chi connectivity index (χ1) is 14.0. The van der Waals surface area contributed by atoms with Gasteiger partial charge in [0, 0.05) is 5.56 Å². The van der Waals surface area contributed by atoms with Crippen molar-refractivity contribution in [2.75, 3.05) is 0 Å². The van der Waals surface area contributed by atoms with Gasteiger partial charge in [0.1, 0.15) is 11.9 Å². The number of hydrogen-bond acceptors (Lipinski definition) is 2. The zero-order valence-corrected chi connectivity index (χ0v) is 17.6. The molecule has 1 unspecified atom stereocenters. The SMILES string of the molecule is Cc1ccc(C(O)c2c3ccc(c2OC(C)C)CCc2ccc(cc2)CC3)cc1. The van der Waals surface area contributed by atoms with Crippen molar-refractivity contribution in [3.63, 3.8) is 0 Å². The van der Waals surface area contributed by atoms with Crippen molar-refractivity contribution in [2.24, 2.45) is 0 Å². The first kappa shape index (κ1) is 19.7. The van der Waals surface area contributed by atoms with Gasteiger partial charge >= 0.3 is 0 Å². The van der Waals surface area contributed by atoms with Crippen LogP contribution in [0.25, 0.3) is 0 Å². The zero-order chi connectivity index (χ0) is 20.4. The molecule has 0 fully saturated rings. The monoisotopic (exact) mass is 386 g/mol. The Bertz CT molecular complexity index is 969. The van der Waals surface area contributed by atoms with E-state index in [1.807, 2.05) is 12.1 Å². The fourth-order valence-corrected chi connectivity index (χ4v) is 4.12. The molecule has 3 aromatic rings. The number of benzene rings is 3. The zero-order valence-electron chi connectivity index (χ0n) is 17.6. The van der Waals surface area contributed by atoms with E-state index < -0.39 is 6.10 Å². The Labute approximate surface area is 174 Å². The van der Waals surface area contributed by atoms with Crippen LogP contribution in [0.2, 0.25) is 0 Å². The van der Waals surface area contributed by atoms with Crippen LogP contribution in [-0.4, -0.2) is 11.2 Å². The maximum atomic E-state index is 11.4. The van der Waals surface area contributed by atoms with Crippen molar-refractivity contribution >= 4 is 0 Å². The van der Waals surface area contributed by atoms with Crippen LogP contribution in [0.5, 0.6) is 5.75 Å². The van der Waals surface area contributed by atoms with E-state index in [2.05, 4.69) is 69.3 Å². The molecule has 1 N–H and O–H groups in total. The maximum Gasteiger partial charge on any atom is 0.129 e. The molecular weight excluding hydrogens is 356 g/mol. The van der Waals surface area contributed by atoms with Crippen LogP contribution in [0, 0.1) is 6.92 Å². The molecule has 4 bridgehead atoms. The van der Waals surface area contributed by atoms with E-state index in [9.17, 15) is 5.11 Å². The Balaban J connectivity index is 1.84. The first-order valence-electron chi connectivity index (χ1n) is 10.6. The van der Waals surface area contributed by atoms with Crippen LogP contribution in [0.4, 0.5) is 0 Å². The molecular formula is C27H30O2. The van der Waals surface area contributed by atoms with Gasteiger partial charge in [0.25, 0.3) is 0 Å². The summed E-state index contributed by atoms with van der Waals surface area (Å²) in [6.07, 6.45) is 3.06. The van der Waals surface area contributed by atoms with Gasteiger partial charge in [-0.2, -0.15) is 0 Å². The van der Waals surface area contributed by atoms with E-state index in [0.29, 0.717) is 0 Å². The van der Waals surface area contributed by atoms with Crippen molar-refractivity contribution in [1.82, 2.24) is 0 Å². The van der Waals surface area contributed by atoms with Gasteiger partial charge in [-0.25, -0.2) is 0 Å². The lowest BCUT2D eigenvalue weighted by molar-refractivity contribution is 0.195. The summed E-state index contributed by atoms with van der Waals surface area (Å²) in [5.74, 6) is 0.876. The molecule has 2 heteroatoms. The van der Waals surface area contributed by atoms with Gasteiger partial charge < -0.3 is 9.84 Å².